The molecule has 1 aliphatic carbocycles. The van der Waals surface area contributed by atoms with Crippen molar-refractivity contribution in [2.75, 3.05) is 0 Å². The van der Waals surface area contributed by atoms with E-state index in [-0.39, 0.29) is 5.92 Å². The van der Waals surface area contributed by atoms with Crippen molar-refractivity contribution in [3.8, 4) is 11.5 Å². The minimum atomic E-state index is 0.200. The van der Waals surface area contributed by atoms with Crippen LogP contribution in [0.3, 0.4) is 0 Å². The molecule has 18 heavy (non-hydrogen) atoms. The van der Waals surface area contributed by atoms with Crippen LogP contribution in [0, 0.1) is 0 Å². The lowest BCUT2D eigenvalue weighted by Gasteiger charge is -2.16. The van der Waals surface area contributed by atoms with Crippen LogP contribution in [0.15, 0.2) is 23.1 Å². The van der Waals surface area contributed by atoms with Crippen LogP contribution >= 0.6 is 0 Å². The average molecular weight is 244 g/mol. The number of hydrogen-bond acceptors (Lipinski definition) is 6. The highest BCUT2D eigenvalue weighted by atomic mass is 16.5. The zero-order valence-corrected chi connectivity index (χ0v) is 9.74. The van der Waals surface area contributed by atoms with E-state index < -0.39 is 0 Å². The number of aromatic nitrogens is 4. The maximum atomic E-state index is 11.2. The molecular weight excluding hydrogens is 232 g/mol. The number of ketones is 1. The molecule has 0 saturated heterocycles. The Morgan fingerprint density at radius 3 is 2.83 bits per heavy atom. The molecule has 0 N–H and O–H groups in total. The molecule has 0 spiro atoms. The Hall–Kier alpha value is -2.11. The van der Waals surface area contributed by atoms with Gasteiger partial charge in [0.15, 0.2) is 0 Å². The number of rotatable bonds is 2. The van der Waals surface area contributed by atoms with Crippen LogP contribution in [0.4, 0.5) is 0 Å². The van der Waals surface area contributed by atoms with E-state index in [9.17, 15) is 4.79 Å². The molecule has 6 nitrogen and oxygen atoms in total. The molecule has 1 aliphatic rings. The Labute approximate surface area is 103 Å². The standard InChI is InChI=1S/C12H12N4O2/c17-9-3-1-8(2-4-9)12-15-11(16-18-12)10-5-6-13-7-14-10/h5-8H,1-4H2. The molecule has 2 aromatic rings. The first-order valence-corrected chi connectivity index (χ1v) is 5.94. The zero-order valence-electron chi connectivity index (χ0n) is 9.74. The van der Waals surface area contributed by atoms with E-state index in [1.54, 1.807) is 12.3 Å². The van der Waals surface area contributed by atoms with Crippen molar-refractivity contribution >= 4 is 5.78 Å². The third-order valence-corrected chi connectivity index (χ3v) is 3.15. The molecule has 2 heterocycles. The first-order valence-electron chi connectivity index (χ1n) is 5.94. The largest absolute Gasteiger partial charge is 0.339 e. The first kappa shape index (κ1) is 11.0. The molecule has 3 rings (SSSR count). The van der Waals surface area contributed by atoms with Crippen LogP contribution in [-0.4, -0.2) is 25.9 Å². The fourth-order valence-electron chi connectivity index (χ4n) is 2.11. The molecule has 92 valence electrons. The maximum absolute atomic E-state index is 11.2. The predicted molar refractivity (Wildman–Crippen MR) is 61.5 cm³/mol. The van der Waals surface area contributed by atoms with E-state index in [2.05, 4.69) is 20.1 Å². The summed E-state index contributed by atoms with van der Waals surface area (Å²) in [5.74, 6) is 1.60. The topological polar surface area (TPSA) is 81.8 Å². The molecule has 0 unspecified atom stereocenters. The van der Waals surface area contributed by atoms with E-state index in [1.165, 1.54) is 6.33 Å². The molecule has 0 amide bonds. The second kappa shape index (κ2) is 4.64. The minimum Gasteiger partial charge on any atom is -0.339 e. The molecule has 6 heteroatoms. The van der Waals surface area contributed by atoms with Crippen LogP contribution in [0.25, 0.3) is 11.5 Å². The Bertz CT molecular complexity index is 542. The summed E-state index contributed by atoms with van der Waals surface area (Å²) in [4.78, 5) is 23.4. The summed E-state index contributed by atoms with van der Waals surface area (Å²) in [6, 6.07) is 1.74. The SMILES string of the molecule is O=C1CCC(c2nc(-c3ccncn3)no2)CC1. The summed E-state index contributed by atoms with van der Waals surface area (Å²) in [6.07, 6.45) is 5.89. The van der Waals surface area contributed by atoms with Gasteiger partial charge in [-0.3, -0.25) is 4.79 Å². The van der Waals surface area contributed by atoms with E-state index in [0.717, 1.165) is 12.8 Å². The quantitative estimate of drug-likeness (QED) is 0.800. The third-order valence-electron chi connectivity index (χ3n) is 3.15. The van der Waals surface area contributed by atoms with Crippen LogP contribution in [0.5, 0.6) is 0 Å². The van der Waals surface area contributed by atoms with Gasteiger partial charge < -0.3 is 4.52 Å². The fraction of sp³-hybridized carbons (Fsp3) is 0.417. The van der Waals surface area contributed by atoms with Gasteiger partial charge in [0.25, 0.3) is 0 Å². The van der Waals surface area contributed by atoms with Gasteiger partial charge in [-0.15, -0.1) is 0 Å². The van der Waals surface area contributed by atoms with Gasteiger partial charge in [0.1, 0.15) is 17.8 Å². The molecule has 0 aromatic carbocycles. The molecule has 0 bridgehead atoms. The lowest BCUT2D eigenvalue weighted by Crippen LogP contribution is -2.12. The molecule has 1 saturated carbocycles. The van der Waals surface area contributed by atoms with Gasteiger partial charge in [0.2, 0.25) is 11.7 Å². The highest BCUT2D eigenvalue weighted by Gasteiger charge is 2.25. The van der Waals surface area contributed by atoms with Crippen molar-refractivity contribution in [2.24, 2.45) is 0 Å². The van der Waals surface area contributed by atoms with E-state index in [0.29, 0.717) is 36.0 Å². The van der Waals surface area contributed by atoms with Crippen molar-refractivity contribution < 1.29 is 9.32 Å². The van der Waals surface area contributed by atoms with Gasteiger partial charge in [-0.1, -0.05) is 5.16 Å². The monoisotopic (exact) mass is 244 g/mol. The highest BCUT2D eigenvalue weighted by Crippen LogP contribution is 2.30. The van der Waals surface area contributed by atoms with Gasteiger partial charge in [0, 0.05) is 25.0 Å². The Kier molecular flexibility index (Phi) is 2.84. The molecule has 1 fully saturated rings. The number of Topliss-reactive ketones (excluding diaryl/α,β-unsaturated/α-hetero) is 1. The minimum absolute atomic E-state index is 0.200. The van der Waals surface area contributed by atoms with Gasteiger partial charge in [-0.2, -0.15) is 4.98 Å². The summed E-state index contributed by atoms with van der Waals surface area (Å²) >= 11 is 0. The summed E-state index contributed by atoms with van der Waals surface area (Å²) in [7, 11) is 0. The van der Waals surface area contributed by atoms with E-state index in [4.69, 9.17) is 4.52 Å². The smallest absolute Gasteiger partial charge is 0.230 e. The van der Waals surface area contributed by atoms with Crippen molar-refractivity contribution in [2.45, 2.75) is 31.6 Å². The summed E-state index contributed by atoms with van der Waals surface area (Å²) in [6.45, 7) is 0. The van der Waals surface area contributed by atoms with Crippen LogP contribution < -0.4 is 0 Å². The van der Waals surface area contributed by atoms with Crippen molar-refractivity contribution in [1.82, 2.24) is 20.1 Å². The normalized spacial score (nSPS) is 17.0. The van der Waals surface area contributed by atoms with Gasteiger partial charge in [-0.25, -0.2) is 9.97 Å². The molecule has 0 atom stereocenters. The predicted octanol–water partition coefficient (Wildman–Crippen LogP) is 1.75. The molecule has 0 radical (unpaired) electrons. The van der Waals surface area contributed by atoms with E-state index >= 15 is 0 Å². The summed E-state index contributed by atoms with van der Waals surface area (Å²) < 4.78 is 5.26. The lowest BCUT2D eigenvalue weighted by atomic mass is 9.88. The van der Waals surface area contributed by atoms with E-state index in [1.807, 2.05) is 0 Å². The molecular formula is C12H12N4O2. The first-order chi connectivity index (χ1) is 8.83. The summed E-state index contributed by atoms with van der Waals surface area (Å²) in [5, 5.41) is 3.92. The van der Waals surface area contributed by atoms with Gasteiger partial charge in [-0.05, 0) is 18.9 Å². The van der Waals surface area contributed by atoms with Crippen LogP contribution in [-0.2, 0) is 4.79 Å². The Morgan fingerprint density at radius 1 is 1.28 bits per heavy atom. The van der Waals surface area contributed by atoms with Crippen molar-refractivity contribution in [1.29, 1.82) is 0 Å². The second-order valence-electron chi connectivity index (χ2n) is 4.36. The number of hydrogen-bond donors (Lipinski definition) is 0. The molecule has 2 aromatic heterocycles. The number of carbonyl (C=O) groups excluding carboxylic acids is 1. The van der Waals surface area contributed by atoms with Crippen LogP contribution in [0.1, 0.15) is 37.5 Å². The Morgan fingerprint density at radius 2 is 2.11 bits per heavy atom. The highest BCUT2D eigenvalue weighted by molar-refractivity contribution is 5.79. The van der Waals surface area contributed by atoms with Crippen molar-refractivity contribution in [3.63, 3.8) is 0 Å². The second-order valence-corrected chi connectivity index (χ2v) is 4.36. The number of carbonyl (C=O) groups is 1. The third kappa shape index (κ3) is 2.13. The van der Waals surface area contributed by atoms with Crippen LogP contribution in [0.2, 0.25) is 0 Å². The summed E-state index contributed by atoms with van der Waals surface area (Å²) in [5.41, 5.74) is 0.645. The van der Waals surface area contributed by atoms with Gasteiger partial charge >= 0.3 is 0 Å². The van der Waals surface area contributed by atoms with Gasteiger partial charge in [0.05, 0.1) is 0 Å². The number of nitrogens with zero attached hydrogens (tertiary/aromatic N) is 4. The average Bonchev–Trinajstić information content (AvgIpc) is 2.90. The molecule has 0 aliphatic heterocycles. The van der Waals surface area contributed by atoms with Crippen molar-refractivity contribution in [3.05, 3.63) is 24.5 Å². The maximum Gasteiger partial charge on any atom is 0.230 e. The fourth-order valence-corrected chi connectivity index (χ4v) is 2.11. The Balaban J connectivity index is 1.80. The lowest BCUT2D eigenvalue weighted by molar-refractivity contribution is -0.120. The zero-order chi connectivity index (χ0) is 12.4.